The number of aromatic nitrogens is 1. The van der Waals surface area contributed by atoms with Crippen LogP contribution in [0.25, 0.3) is 10.9 Å². The van der Waals surface area contributed by atoms with Gasteiger partial charge in [-0.05, 0) is 45.8 Å². The Labute approximate surface area is 128 Å². The van der Waals surface area contributed by atoms with Gasteiger partial charge in [-0.15, -0.1) is 0 Å². The fourth-order valence-corrected chi connectivity index (χ4v) is 3.29. The molecule has 0 fully saturated rings. The fourth-order valence-electron chi connectivity index (χ4n) is 2.10. The molecular formula is C15H12Br2N2. The predicted molar refractivity (Wildman–Crippen MR) is 87.5 cm³/mol. The lowest BCUT2D eigenvalue weighted by Crippen LogP contribution is -1.99. The van der Waals surface area contributed by atoms with Crippen molar-refractivity contribution in [2.75, 3.05) is 5.32 Å². The number of anilines is 1. The molecule has 4 heteroatoms. The van der Waals surface area contributed by atoms with E-state index in [1.54, 1.807) is 0 Å². The normalized spacial score (nSPS) is 10.8. The molecule has 1 aromatic heterocycles. The Morgan fingerprint density at radius 2 is 1.89 bits per heavy atom. The molecule has 0 bridgehead atoms. The number of H-pyrrole nitrogens is 1. The van der Waals surface area contributed by atoms with Crippen LogP contribution in [0.15, 0.2) is 57.6 Å². The standard InChI is InChI=1S/C15H12Br2N2/c16-11-5-6-15(13(17)7-11)19-9-10-8-18-14-4-2-1-3-12(10)14/h1-8,18-19H,9H2. The molecule has 0 saturated carbocycles. The van der Waals surface area contributed by atoms with Crippen LogP contribution < -0.4 is 5.32 Å². The largest absolute Gasteiger partial charge is 0.380 e. The van der Waals surface area contributed by atoms with Crippen molar-refractivity contribution in [1.82, 2.24) is 4.98 Å². The van der Waals surface area contributed by atoms with Crippen LogP contribution in [0, 0.1) is 0 Å². The van der Waals surface area contributed by atoms with Gasteiger partial charge in [0, 0.05) is 38.3 Å². The van der Waals surface area contributed by atoms with E-state index in [-0.39, 0.29) is 0 Å². The summed E-state index contributed by atoms with van der Waals surface area (Å²) in [4.78, 5) is 3.29. The minimum atomic E-state index is 0.796. The average Bonchev–Trinajstić information content (AvgIpc) is 2.81. The quantitative estimate of drug-likeness (QED) is 0.634. The van der Waals surface area contributed by atoms with Gasteiger partial charge in [0.05, 0.1) is 0 Å². The molecule has 3 rings (SSSR count). The third-order valence-corrected chi connectivity index (χ3v) is 4.22. The first-order valence-electron chi connectivity index (χ1n) is 5.98. The van der Waals surface area contributed by atoms with Crippen LogP contribution in [0.1, 0.15) is 5.56 Å². The first-order valence-corrected chi connectivity index (χ1v) is 7.56. The fraction of sp³-hybridized carbons (Fsp3) is 0.0667. The van der Waals surface area contributed by atoms with Gasteiger partial charge >= 0.3 is 0 Å². The minimum Gasteiger partial charge on any atom is -0.380 e. The number of nitrogens with one attached hydrogen (secondary N) is 2. The minimum absolute atomic E-state index is 0.796. The molecule has 96 valence electrons. The van der Waals surface area contributed by atoms with Gasteiger partial charge in [-0.1, -0.05) is 34.1 Å². The van der Waals surface area contributed by atoms with Crippen molar-refractivity contribution in [2.45, 2.75) is 6.54 Å². The van der Waals surface area contributed by atoms with E-state index in [4.69, 9.17) is 0 Å². The van der Waals surface area contributed by atoms with Crippen LogP contribution in [0.5, 0.6) is 0 Å². The molecule has 19 heavy (non-hydrogen) atoms. The van der Waals surface area contributed by atoms with Crippen LogP contribution in [0.4, 0.5) is 5.69 Å². The van der Waals surface area contributed by atoms with Crippen LogP contribution in [-0.2, 0) is 6.54 Å². The molecule has 0 unspecified atom stereocenters. The van der Waals surface area contributed by atoms with Gasteiger partial charge in [0.15, 0.2) is 0 Å². The smallest absolute Gasteiger partial charge is 0.0488 e. The molecule has 3 aromatic rings. The molecule has 0 radical (unpaired) electrons. The molecular weight excluding hydrogens is 368 g/mol. The van der Waals surface area contributed by atoms with Crippen molar-refractivity contribution in [1.29, 1.82) is 0 Å². The van der Waals surface area contributed by atoms with Crippen molar-refractivity contribution >= 4 is 48.5 Å². The summed E-state index contributed by atoms with van der Waals surface area (Å²) in [6, 6.07) is 14.5. The predicted octanol–water partition coefficient (Wildman–Crippen LogP) is 5.31. The van der Waals surface area contributed by atoms with E-state index >= 15 is 0 Å². The van der Waals surface area contributed by atoms with E-state index in [0.717, 1.165) is 21.2 Å². The van der Waals surface area contributed by atoms with Crippen molar-refractivity contribution in [3.63, 3.8) is 0 Å². The van der Waals surface area contributed by atoms with Crippen LogP contribution in [-0.4, -0.2) is 4.98 Å². The van der Waals surface area contributed by atoms with Gasteiger partial charge in [0.1, 0.15) is 0 Å². The SMILES string of the molecule is Brc1ccc(NCc2c[nH]c3ccccc23)c(Br)c1. The topological polar surface area (TPSA) is 27.8 Å². The highest BCUT2D eigenvalue weighted by Gasteiger charge is 2.04. The zero-order valence-corrected chi connectivity index (χ0v) is 13.3. The van der Waals surface area contributed by atoms with Crippen molar-refractivity contribution in [3.05, 3.63) is 63.2 Å². The van der Waals surface area contributed by atoms with Gasteiger partial charge in [0.2, 0.25) is 0 Å². The molecule has 0 saturated heterocycles. The molecule has 0 spiro atoms. The molecule has 0 aliphatic heterocycles. The summed E-state index contributed by atoms with van der Waals surface area (Å²) in [7, 11) is 0. The Morgan fingerprint density at radius 3 is 2.74 bits per heavy atom. The molecule has 1 heterocycles. The summed E-state index contributed by atoms with van der Waals surface area (Å²) in [5.74, 6) is 0. The molecule has 0 aliphatic carbocycles. The number of rotatable bonds is 3. The maximum atomic E-state index is 3.56. The lowest BCUT2D eigenvalue weighted by Gasteiger charge is -2.08. The van der Waals surface area contributed by atoms with Gasteiger partial charge < -0.3 is 10.3 Å². The zero-order chi connectivity index (χ0) is 13.2. The summed E-state index contributed by atoms with van der Waals surface area (Å²) in [5.41, 5.74) is 3.54. The molecule has 0 aliphatic rings. The summed E-state index contributed by atoms with van der Waals surface area (Å²) in [5, 5.41) is 4.71. The summed E-state index contributed by atoms with van der Waals surface area (Å²) in [6.07, 6.45) is 2.06. The average molecular weight is 380 g/mol. The maximum absolute atomic E-state index is 3.56. The Balaban J connectivity index is 1.82. The summed E-state index contributed by atoms with van der Waals surface area (Å²) >= 11 is 7.02. The van der Waals surface area contributed by atoms with E-state index in [0.29, 0.717) is 0 Å². The van der Waals surface area contributed by atoms with E-state index in [1.807, 2.05) is 18.2 Å². The number of aromatic amines is 1. The number of para-hydroxylation sites is 1. The molecule has 2 aromatic carbocycles. The van der Waals surface area contributed by atoms with Crippen molar-refractivity contribution < 1.29 is 0 Å². The Hall–Kier alpha value is -1.26. The maximum Gasteiger partial charge on any atom is 0.0488 e. The van der Waals surface area contributed by atoms with Crippen LogP contribution in [0.3, 0.4) is 0 Å². The van der Waals surface area contributed by atoms with E-state index in [9.17, 15) is 0 Å². The Kier molecular flexibility index (Phi) is 3.62. The Bertz CT molecular complexity index is 719. The highest BCUT2D eigenvalue weighted by atomic mass is 79.9. The van der Waals surface area contributed by atoms with Crippen molar-refractivity contribution in [3.8, 4) is 0 Å². The molecule has 0 atom stereocenters. The van der Waals surface area contributed by atoms with Gasteiger partial charge in [-0.3, -0.25) is 0 Å². The highest BCUT2D eigenvalue weighted by molar-refractivity contribution is 9.11. The third-order valence-electron chi connectivity index (χ3n) is 3.08. The molecule has 2 N–H and O–H groups in total. The van der Waals surface area contributed by atoms with Crippen molar-refractivity contribution in [2.24, 2.45) is 0 Å². The highest BCUT2D eigenvalue weighted by Crippen LogP contribution is 2.27. The number of benzene rings is 2. The van der Waals surface area contributed by atoms with Crippen LogP contribution >= 0.6 is 31.9 Å². The van der Waals surface area contributed by atoms with Crippen LogP contribution in [0.2, 0.25) is 0 Å². The van der Waals surface area contributed by atoms with E-state index in [1.165, 1.54) is 16.5 Å². The number of halogens is 2. The summed E-state index contributed by atoms with van der Waals surface area (Å²) < 4.78 is 2.12. The number of fused-ring (bicyclic) bond motifs is 1. The van der Waals surface area contributed by atoms with E-state index < -0.39 is 0 Å². The second-order valence-corrected chi connectivity index (χ2v) is 6.11. The number of hydrogen-bond donors (Lipinski definition) is 2. The zero-order valence-electron chi connectivity index (χ0n) is 10.1. The van der Waals surface area contributed by atoms with E-state index in [2.05, 4.69) is 72.6 Å². The first kappa shape index (κ1) is 12.8. The molecule has 0 amide bonds. The van der Waals surface area contributed by atoms with Gasteiger partial charge in [0.25, 0.3) is 0 Å². The first-order chi connectivity index (χ1) is 9.24. The molecule has 2 nitrogen and oxygen atoms in total. The third kappa shape index (κ3) is 2.69. The number of hydrogen-bond acceptors (Lipinski definition) is 1. The van der Waals surface area contributed by atoms with Gasteiger partial charge in [-0.2, -0.15) is 0 Å². The monoisotopic (exact) mass is 378 g/mol. The lowest BCUT2D eigenvalue weighted by atomic mass is 10.2. The van der Waals surface area contributed by atoms with Gasteiger partial charge in [-0.25, -0.2) is 0 Å². The Morgan fingerprint density at radius 1 is 1.05 bits per heavy atom. The second kappa shape index (κ2) is 5.39. The summed E-state index contributed by atoms with van der Waals surface area (Å²) in [6.45, 7) is 0.796. The second-order valence-electron chi connectivity index (χ2n) is 4.34. The lowest BCUT2D eigenvalue weighted by molar-refractivity contribution is 1.16.